The number of hydrogen-bond donors (Lipinski definition) is 1. The van der Waals surface area contributed by atoms with Gasteiger partial charge in [-0.25, -0.2) is 0 Å². The van der Waals surface area contributed by atoms with Gasteiger partial charge in [0.25, 0.3) is 0 Å². The van der Waals surface area contributed by atoms with Crippen LogP contribution in [0.5, 0.6) is 0 Å². The average Bonchev–Trinajstić information content (AvgIpc) is 2.49. The number of rotatable bonds is 2. The molecular weight excluding hydrogens is 322 g/mol. The van der Waals surface area contributed by atoms with Gasteiger partial charge in [0.2, 0.25) is 0 Å². The Morgan fingerprint density at radius 3 is 2.76 bits per heavy atom. The molecule has 0 bridgehead atoms. The lowest BCUT2D eigenvalue weighted by Gasteiger charge is -2.54. The molecule has 1 saturated heterocycles. The van der Waals surface area contributed by atoms with Crippen molar-refractivity contribution in [3.63, 3.8) is 0 Å². The highest BCUT2D eigenvalue weighted by molar-refractivity contribution is 9.10. The third kappa shape index (κ3) is 2.82. The summed E-state index contributed by atoms with van der Waals surface area (Å²) in [5.41, 5.74) is 2.04. The molecular formula is C19H28BrN. The molecule has 1 heterocycles. The van der Waals surface area contributed by atoms with Gasteiger partial charge in [0.1, 0.15) is 0 Å². The summed E-state index contributed by atoms with van der Waals surface area (Å²) in [6.45, 7) is 7.23. The van der Waals surface area contributed by atoms with Gasteiger partial charge in [0.05, 0.1) is 0 Å². The zero-order valence-electron chi connectivity index (χ0n) is 13.4. The molecule has 3 atom stereocenters. The first-order valence-electron chi connectivity index (χ1n) is 8.60. The zero-order valence-corrected chi connectivity index (χ0v) is 15.0. The predicted molar refractivity (Wildman–Crippen MR) is 93.6 cm³/mol. The Labute approximate surface area is 138 Å². The van der Waals surface area contributed by atoms with E-state index in [0.717, 1.165) is 18.4 Å². The minimum Gasteiger partial charge on any atom is -0.316 e. The van der Waals surface area contributed by atoms with Gasteiger partial charge in [0.15, 0.2) is 0 Å². The van der Waals surface area contributed by atoms with E-state index in [0.29, 0.717) is 11.3 Å². The van der Waals surface area contributed by atoms with E-state index in [1.165, 1.54) is 48.7 Å². The third-order valence-corrected chi connectivity index (χ3v) is 6.76. The van der Waals surface area contributed by atoms with Gasteiger partial charge in [-0.05, 0) is 54.7 Å². The fourth-order valence-electron chi connectivity index (χ4n) is 5.15. The minimum atomic E-state index is 0.515. The topological polar surface area (TPSA) is 12.0 Å². The highest BCUT2D eigenvalue weighted by Crippen LogP contribution is 2.57. The lowest BCUT2D eigenvalue weighted by atomic mass is 9.53. The molecule has 2 aliphatic rings. The van der Waals surface area contributed by atoms with Crippen molar-refractivity contribution in [3.8, 4) is 0 Å². The minimum absolute atomic E-state index is 0.515. The standard InChI is InChI=1S/C19H28BrN/c1-14(2)16-8-5-6-10-19(16)11-12-21-13-17(19)15-7-3-4-9-18(15)20/h3-4,7,9,14,16-17,21H,5-6,8,10-13H2,1-2H3. The van der Waals surface area contributed by atoms with Crippen molar-refractivity contribution in [2.45, 2.75) is 51.9 Å². The van der Waals surface area contributed by atoms with Crippen LogP contribution in [0, 0.1) is 17.3 Å². The van der Waals surface area contributed by atoms with Gasteiger partial charge in [-0.3, -0.25) is 0 Å². The van der Waals surface area contributed by atoms with Crippen LogP contribution in [-0.2, 0) is 0 Å². The van der Waals surface area contributed by atoms with E-state index in [1.807, 2.05) is 0 Å². The molecule has 1 saturated carbocycles. The number of piperidine rings is 1. The van der Waals surface area contributed by atoms with Crippen molar-refractivity contribution in [2.24, 2.45) is 17.3 Å². The van der Waals surface area contributed by atoms with Gasteiger partial charge < -0.3 is 5.32 Å². The quantitative estimate of drug-likeness (QED) is 0.757. The second kappa shape index (κ2) is 6.42. The van der Waals surface area contributed by atoms with Crippen molar-refractivity contribution in [1.82, 2.24) is 5.32 Å². The molecule has 21 heavy (non-hydrogen) atoms. The Balaban J connectivity index is 2.02. The third-order valence-electron chi connectivity index (χ3n) is 6.04. The van der Waals surface area contributed by atoms with Gasteiger partial charge >= 0.3 is 0 Å². The molecule has 0 radical (unpaired) electrons. The van der Waals surface area contributed by atoms with Gasteiger partial charge in [-0.15, -0.1) is 0 Å². The molecule has 3 rings (SSSR count). The van der Waals surface area contributed by atoms with Gasteiger partial charge in [-0.1, -0.05) is 60.8 Å². The SMILES string of the molecule is CC(C)C1CCCCC12CCNCC2c1ccccc1Br. The number of hydrogen-bond acceptors (Lipinski definition) is 1. The fraction of sp³-hybridized carbons (Fsp3) is 0.684. The Bertz CT molecular complexity index is 478. The van der Waals surface area contributed by atoms with Gasteiger partial charge in [0, 0.05) is 16.9 Å². The van der Waals surface area contributed by atoms with E-state index in [-0.39, 0.29) is 0 Å². The Kier molecular flexibility index (Phi) is 4.75. The van der Waals surface area contributed by atoms with E-state index in [9.17, 15) is 0 Å². The summed E-state index contributed by atoms with van der Waals surface area (Å²) in [4.78, 5) is 0. The van der Waals surface area contributed by atoms with Crippen molar-refractivity contribution in [1.29, 1.82) is 0 Å². The van der Waals surface area contributed by atoms with Crippen LogP contribution in [0.4, 0.5) is 0 Å². The summed E-state index contributed by atoms with van der Waals surface area (Å²) in [6.07, 6.45) is 7.05. The Morgan fingerprint density at radius 2 is 2.00 bits per heavy atom. The van der Waals surface area contributed by atoms with Crippen molar-refractivity contribution in [2.75, 3.05) is 13.1 Å². The monoisotopic (exact) mass is 349 g/mol. The number of halogens is 1. The summed E-state index contributed by atoms with van der Waals surface area (Å²) in [5.74, 6) is 2.34. The van der Waals surface area contributed by atoms with Crippen LogP contribution in [-0.4, -0.2) is 13.1 Å². The van der Waals surface area contributed by atoms with Crippen LogP contribution < -0.4 is 5.32 Å². The molecule has 0 amide bonds. The zero-order chi connectivity index (χ0) is 14.9. The molecule has 1 aliphatic carbocycles. The highest BCUT2D eigenvalue weighted by Gasteiger charge is 2.49. The van der Waals surface area contributed by atoms with Crippen molar-refractivity contribution < 1.29 is 0 Å². The van der Waals surface area contributed by atoms with Crippen LogP contribution >= 0.6 is 15.9 Å². The van der Waals surface area contributed by atoms with E-state index < -0.39 is 0 Å². The number of nitrogens with one attached hydrogen (secondary N) is 1. The Morgan fingerprint density at radius 1 is 1.19 bits per heavy atom. The first kappa shape index (κ1) is 15.6. The molecule has 116 valence electrons. The lowest BCUT2D eigenvalue weighted by Crippen LogP contribution is -2.50. The summed E-state index contributed by atoms with van der Waals surface area (Å²) in [5, 5.41) is 3.67. The molecule has 1 aliphatic heterocycles. The van der Waals surface area contributed by atoms with E-state index in [4.69, 9.17) is 0 Å². The van der Waals surface area contributed by atoms with Crippen molar-refractivity contribution >= 4 is 15.9 Å². The second-order valence-corrected chi connectivity index (χ2v) is 8.21. The molecule has 1 aromatic carbocycles. The maximum Gasteiger partial charge on any atom is 0.0210 e. The summed E-state index contributed by atoms with van der Waals surface area (Å²) >= 11 is 3.81. The molecule has 2 fully saturated rings. The molecule has 1 aromatic rings. The average molecular weight is 350 g/mol. The molecule has 2 heteroatoms. The molecule has 1 nitrogen and oxygen atoms in total. The summed E-state index contributed by atoms with van der Waals surface area (Å²) < 4.78 is 1.30. The summed E-state index contributed by atoms with van der Waals surface area (Å²) in [6, 6.07) is 8.90. The molecule has 3 unspecified atom stereocenters. The maximum atomic E-state index is 3.81. The largest absolute Gasteiger partial charge is 0.316 e. The fourth-order valence-corrected chi connectivity index (χ4v) is 5.71. The smallest absolute Gasteiger partial charge is 0.0210 e. The lowest BCUT2D eigenvalue weighted by molar-refractivity contribution is 0.00504. The summed E-state index contributed by atoms with van der Waals surface area (Å²) in [7, 11) is 0. The number of benzene rings is 1. The first-order chi connectivity index (χ1) is 10.1. The van der Waals surface area contributed by atoms with Gasteiger partial charge in [-0.2, -0.15) is 0 Å². The maximum absolute atomic E-state index is 3.81. The molecule has 0 aromatic heterocycles. The van der Waals surface area contributed by atoms with Crippen LogP contribution in [0.15, 0.2) is 28.7 Å². The predicted octanol–water partition coefficient (Wildman–Crippen LogP) is 5.36. The van der Waals surface area contributed by atoms with Crippen LogP contribution in [0.3, 0.4) is 0 Å². The van der Waals surface area contributed by atoms with Crippen LogP contribution in [0.2, 0.25) is 0 Å². The van der Waals surface area contributed by atoms with Crippen molar-refractivity contribution in [3.05, 3.63) is 34.3 Å². The van der Waals surface area contributed by atoms with E-state index >= 15 is 0 Å². The van der Waals surface area contributed by atoms with Crippen LogP contribution in [0.1, 0.15) is 57.4 Å². The van der Waals surface area contributed by atoms with E-state index in [1.54, 1.807) is 0 Å². The van der Waals surface area contributed by atoms with E-state index in [2.05, 4.69) is 59.4 Å². The second-order valence-electron chi connectivity index (χ2n) is 7.36. The van der Waals surface area contributed by atoms with Crippen LogP contribution in [0.25, 0.3) is 0 Å². The molecule has 1 N–H and O–H groups in total. The normalized spacial score (nSPS) is 33.5. The molecule has 1 spiro atoms. The highest BCUT2D eigenvalue weighted by atomic mass is 79.9. The Hall–Kier alpha value is -0.340. The first-order valence-corrected chi connectivity index (χ1v) is 9.39.